The number of amides is 1. The summed E-state index contributed by atoms with van der Waals surface area (Å²) in [6.45, 7) is 0.224. The summed E-state index contributed by atoms with van der Waals surface area (Å²) < 4.78 is 12.6. The van der Waals surface area contributed by atoms with Gasteiger partial charge in [-0.1, -0.05) is 23.7 Å². The molecule has 0 radical (unpaired) electrons. The zero-order chi connectivity index (χ0) is 17.7. The molecule has 0 saturated carbocycles. The number of hydrogen-bond donors (Lipinski definition) is 1. The average molecular weight is 368 g/mol. The van der Waals surface area contributed by atoms with Crippen LogP contribution in [0.3, 0.4) is 0 Å². The van der Waals surface area contributed by atoms with Crippen LogP contribution in [0.1, 0.15) is 23.5 Å². The summed E-state index contributed by atoms with van der Waals surface area (Å²) >= 11 is 6.10. The molecule has 5 rings (SSSR count). The van der Waals surface area contributed by atoms with Gasteiger partial charge in [-0.2, -0.15) is 5.10 Å². The summed E-state index contributed by atoms with van der Waals surface area (Å²) in [5.41, 5.74) is 2.75. The molecule has 0 fully saturated rings. The number of nitrogens with one attached hydrogen (secondary N) is 1. The van der Waals surface area contributed by atoms with Crippen molar-refractivity contribution in [1.82, 2.24) is 9.78 Å². The highest BCUT2D eigenvalue weighted by atomic mass is 35.5. The lowest BCUT2D eigenvalue weighted by Crippen LogP contribution is -2.24. The van der Waals surface area contributed by atoms with Crippen molar-refractivity contribution in [2.24, 2.45) is 0 Å². The van der Waals surface area contributed by atoms with E-state index in [4.69, 9.17) is 21.1 Å². The smallest absolute Gasteiger partial charge is 0.231 e. The Kier molecular flexibility index (Phi) is 3.39. The molecule has 0 saturated heterocycles. The van der Waals surface area contributed by atoms with E-state index in [1.165, 1.54) is 0 Å². The fourth-order valence-electron chi connectivity index (χ4n) is 3.45. The molecule has 0 aliphatic carbocycles. The quantitative estimate of drug-likeness (QED) is 0.749. The van der Waals surface area contributed by atoms with Crippen molar-refractivity contribution >= 4 is 23.3 Å². The van der Waals surface area contributed by atoms with Crippen LogP contribution in [0.4, 0.5) is 5.82 Å². The molecule has 1 N–H and O–H groups in total. The number of anilines is 1. The molecule has 26 heavy (non-hydrogen) atoms. The van der Waals surface area contributed by atoms with E-state index < -0.39 is 0 Å². The van der Waals surface area contributed by atoms with Crippen LogP contribution in [0, 0.1) is 0 Å². The van der Waals surface area contributed by atoms with Crippen LogP contribution in [0.2, 0.25) is 5.02 Å². The molecule has 0 spiro atoms. The Morgan fingerprint density at radius 3 is 2.92 bits per heavy atom. The van der Waals surface area contributed by atoms with Crippen molar-refractivity contribution < 1.29 is 14.3 Å². The number of hydrogen-bond acceptors (Lipinski definition) is 4. The van der Waals surface area contributed by atoms with Crippen LogP contribution < -0.4 is 14.8 Å². The Morgan fingerprint density at radius 1 is 1.15 bits per heavy atom. The van der Waals surface area contributed by atoms with Gasteiger partial charge in [0.15, 0.2) is 11.5 Å². The molecular weight excluding hydrogens is 354 g/mol. The van der Waals surface area contributed by atoms with Crippen LogP contribution in [-0.4, -0.2) is 22.5 Å². The van der Waals surface area contributed by atoms with Gasteiger partial charge in [0, 0.05) is 22.9 Å². The van der Waals surface area contributed by atoms with Crippen molar-refractivity contribution in [3.8, 4) is 17.2 Å². The number of nitrogens with zero attached hydrogens (tertiary/aromatic N) is 2. The number of halogens is 1. The molecule has 1 amide bonds. The van der Waals surface area contributed by atoms with Gasteiger partial charge in [-0.3, -0.25) is 4.79 Å². The number of benzene rings is 2. The Hall–Kier alpha value is -2.99. The SMILES string of the molecule is O=C1CC(c2ccc3c(c2)OCO3)c2cnn(-c3cccc(Cl)c3)c2N1. The van der Waals surface area contributed by atoms with Gasteiger partial charge in [-0.05, 0) is 35.9 Å². The van der Waals surface area contributed by atoms with Gasteiger partial charge in [0.2, 0.25) is 12.7 Å². The Balaban J connectivity index is 1.60. The predicted octanol–water partition coefficient (Wildman–Crippen LogP) is 3.73. The molecule has 2 aliphatic rings. The lowest BCUT2D eigenvalue weighted by molar-refractivity contribution is -0.116. The van der Waals surface area contributed by atoms with E-state index in [9.17, 15) is 4.79 Å². The first-order chi connectivity index (χ1) is 12.7. The zero-order valence-corrected chi connectivity index (χ0v) is 14.4. The van der Waals surface area contributed by atoms with E-state index in [1.807, 2.05) is 36.4 Å². The molecule has 130 valence electrons. The van der Waals surface area contributed by atoms with Crippen molar-refractivity contribution in [3.05, 3.63) is 64.8 Å². The standard InChI is InChI=1S/C19H14ClN3O3/c20-12-2-1-3-13(7-12)23-19-15(9-21-23)14(8-18(24)22-19)11-4-5-16-17(6-11)26-10-25-16/h1-7,9,14H,8,10H2,(H,22,24). The van der Waals surface area contributed by atoms with Gasteiger partial charge in [-0.15, -0.1) is 0 Å². The van der Waals surface area contributed by atoms with Gasteiger partial charge in [0.05, 0.1) is 11.9 Å². The van der Waals surface area contributed by atoms with Crippen molar-refractivity contribution in [2.75, 3.05) is 12.1 Å². The number of fused-ring (bicyclic) bond motifs is 2. The molecule has 7 heteroatoms. The van der Waals surface area contributed by atoms with Crippen LogP contribution in [-0.2, 0) is 4.79 Å². The molecule has 1 aromatic heterocycles. The monoisotopic (exact) mass is 367 g/mol. The first-order valence-electron chi connectivity index (χ1n) is 8.22. The number of ether oxygens (including phenoxy) is 2. The third-order valence-corrected chi connectivity index (χ3v) is 4.91. The maximum Gasteiger partial charge on any atom is 0.231 e. The minimum Gasteiger partial charge on any atom is -0.454 e. The van der Waals surface area contributed by atoms with Gasteiger partial charge in [0.25, 0.3) is 0 Å². The number of carbonyl (C=O) groups is 1. The molecule has 1 unspecified atom stereocenters. The molecule has 3 aromatic rings. The highest BCUT2D eigenvalue weighted by Crippen LogP contribution is 2.41. The van der Waals surface area contributed by atoms with Gasteiger partial charge in [-0.25, -0.2) is 4.68 Å². The normalized spacial score (nSPS) is 17.7. The minimum absolute atomic E-state index is 0.0519. The van der Waals surface area contributed by atoms with E-state index in [1.54, 1.807) is 16.9 Å². The highest BCUT2D eigenvalue weighted by molar-refractivity contribution is 6.30. The van der Waals surface area contributed by atoms with E-state index in [-0.39, 0.29) is 18.6 Å². The average Bonchev–Trinajstić information content (AvgIpc) is 3.27. The molecule has 0 bridgehead atoms. The van der Waals surface area contributed by atoms with Gasteiger partial charge >= 0.3 is 0 Å². The van der Waals surface area contributed by atoms with E-state index >= 15 is 0 Å². The largest absolute Gasteiger partial charge is 0.454 e. The first kappa shape index (κ1) is 15.3. The minimum atomic E-state index is -0.0961. The predicted molar refractivity (Wildman–Crippen MR) is 96.2 cm³/mol. The second-order valence-corrected chi connectivity index (χ2v) is 6.69. The van der Waals surface area contributed by atoms with Crippen LogP contribution in [0.5, 0.6) is 11.5 Å². The summed E-state index contributed by atoms with van der Waals surface area (Å²) in [6, 6.07) is 13.1. The second-order valence-electron chi connectivity index (χ2n) is 6.26. The van der Waals surface area contributed by atoms with E-state index in [2.05, 4.69) is 10.4 Å². The molecule has 3 heterocycles. The zero-order valence-electron chi connectivity index (χ0n) is 13.6. The van der Waals surface area contributed by atoms with E-state index in [0.717, 1.165) is 22.6 Å². The lowest BCUT2D eigenvalue weighted by atomic mass is 9.87. The maximum atomic E-state index is 12.4. The number of rotatable bonds is 2. The van der Waals surface area contributed by atoms with Crippen molar-refractivity contribution in [2.45, 2.75) is 12.3 Å². The van der Waals surface area contributed by atoms with Gasteiger partial charge in [0.1, 0.15) is 5.82 Å². The van der Waals surface area contributed by atoms with E-state index in [0.29, 0.717) is 23.0 Å². The summed E-state index contributed by atoms with van der Waals surface area (Å²) in [5.74, 6) is 1.96. The maximum absolute atomic E-state index is 12.4. The molecule has 2 aliphatic heterocycles. The number of carbonyl (C=O) groups excluding carboxylic acids is 1. The fourth-order valence-corrected chi connectivity index (χ4v) is 3.64. The highest BCUT2D eigenvalue weighted by Gasteiger charge is 2.31. The lowest BCUT2D eigenvalue weighted by Gasteiger charge is -2.24. The fraction of sp³-hybridized carbons (Fsp3) is 0.158. The van der Waals surface area contributed by atoms with Crippen LogP contribution in [0.15, 0.2) is 48.7 Å². The third-order valence-electron chi connectivity index (χ3n) is 4.67. The Morgan fingerprint density at radius 2 is 2.04 bits per heavy atom. The third kappa shape index (κ3) is 2.42. The summed E-state index contributed by atoms with van der Waals surface area (Å²) in [7, 11) is 0. The van der Waals surface area contributed by atoms with Crippen LogP contribution >= 0.6 is 11.6 Å². The summed E-state index contributed by atoms with van der Waals surface area (Å²) in [6.07, 6.45) is 2.15. The first-order valence-corrected chi connectivity index (χ1v) is 8.60. The van der Waals surface area contributed by atoms with Crippen molar-refractivity contribution in [3.63, 3.8) is 0 Å². The number of aromatic nitrogens is 2. The molecule has 6 nitrogen and oxygen atoms in total. The second kappa shape index (κ2) is 5.78. The molecule has 1 atom stereocenters. The molecular formula is C19H14ClN3O3. The Bertz CT molecular complexity index is 1030. The van der Waals surface area contributed by atoms with Gasteiger partial charge < -0.3 is 14.8 Å². The van der Waals surface area contributed by atoms with Crippen LogP contribution in [0.25, 0.3) is 5.69 Å². The molecule has 2 aromatic carbocycles. The summed E-state index contributed by atoms with van der Waals surface area (Å²) in [5, 5.41) is 8.03. The Labute approximate surface area is 154 Å². The summed E-state index contributed by atoms with van der Waals surface area (Å²) in [4.78, 5) is 12.4. The topological polar surface area (TPSA) is 65.4 Å². The van der Waals surface area contributed by atoms with Crippen molar-refractivity contribution in [1.29, 1.82) is 0 Å².